The van der Waals surface area contributed by atoms with Crippen LogP contribution in [0.15, 0.2) is 18.2 Å². The molecule has 2 aromatic rings. The molecule has 0 aliphatic heterocycles. The number of hydrogen-bond acceptors (Lipinski definition) is 4. The van der Waals surface area contributed by atoms with Gasteiger partial charge in [-0.1, -0.05) is 0 Å². The predicted octanol–water partition coefficient (Wildman–Crippen LogP) is 1.78. The molecule has 1 aromatic heterocycles. The predicted molar refractivity (Wildman–Crippen MR) is 54.5 cm³/mol. The Morgan fingerprint density at radius 1 is 1.56 bits per heavy atom. The molecule has 0 aliphatic carbocycles. The largest absolute Gasteiger partial charge is 0.463 e. The van der Waals surface area contributed by atoms with Gasteiger partial charge >= 0.3 is 6.09 Å². The molecule has 0 spiro atoms. The number of nitro groups is 1. The molecule has 7 nitrogen and oxygen atoms in total. The van der Waals surface area contributed by atoms with Crippen molar-refractivity contribution in [2.24, 2.45) is 0 Å². The minimum absolute atomic E-state index is 0.0828. The second-order valence-electron chi connectivity index (χ2n) is 3.24. The molecule has 2 rings (SSSR count). The summed E-state index contributed by atoms with van der Waals surface area (Å²) in [7, 11) is 0. The van der Waals surface area contributed by atoms with Gasteiger partial charge in [0.1, 0.15) is 0 Å². The zero-order chi connectivity index (χ0) is 11.9. The van der Waals surface area contributed by atoms with Crippen molar-refractivity contribution in [3.05, 3.63) is 34.0 Å². The summed E-state index contributed by atoms with van der Waals surface area (Å²) in [5, 5.41) is 23.7. The molecule has 0 amide bonds. The second kappa shape index (κ2) is 3.30. The summed E-state index contributed by atoms with van der Waals surface area (Å²) in [4.78, 5) is 20.8. The molecule has 0 bridgehead atoms. The lowest BCUT2D eigenvalue weighted by Crippen LogP contribution is -2.09. The van der Waals surface area contributed by atoms with E-state index in [0.717, 1.165) is 4.68 Å². The molecule has 0 unspecified atom stereocenters. The van der Waals surface area contributed by atoms with Crippen molar-refractivity contribution in [2.45, 2.75) is 6.92 Å². The molecule has 0 fully saturated rings. The number of aryl methyl sites for hydroxylation is 1. The van der Waals surface area contributed by atoms with Gasteiger partial charge in [0.25, 0.3) is 5.69 Å². The summed E-state index contributed by atoms with van der Waals surface area (Å²) in [6.45, 7) is 1.60. The first-order valence-electron chi connectivity index (χ1n) is 4.38. The maximum Gasteiger partial charge on any atom is 0.432 e. The fraction of sp³-hybridized carbons (Fsp3) is 0.111. The number of fused-ring (bicyclic) bond motifs is 1. The number of non-ortho nitro benzene ring substituents is 1. The fourth-order valence-corrected chi connectivity index (χ4v) is 1.52. The first kappa shape index (κ1) is 10.1. The molecule has 0 atom stereocenters. The third-order valence-corrected chi connectivity index (χ3v) is 2.24. The lowest BCUT2D eigenvalue weighted by atomic mass is 10.2. The van der Waals surface area contributed by atoms with Crippen molar-refractivity contribution < 1.29 is 14.8 Å². The molecule has 1 aromatic carbocycles. The Labute approximate surface area is 89.1 Å². The summed E-state index contributed by atoms with van der Waals surface area (Å²) in [5.74, 6) is 0. The van der Waals surface area contributed by atoms with Gasteiger partial charge in [-0.3, -0.25) is 10.1 Å². The molecule has 16 heavy (non-hydrogen) atoms. The Hall–Kier alpha value is -2.44. The highest BCUT2D eigenvalue weighted by Crippen LogP contribution is 2.23. The number of carbonyl (C=O) groups is 1. The lowest BCUT2D eigenvalue weighted by molar-refractivity contribution is -0.384. The van der Waals surface area contributed by atoms with Gasteiger partial charge < -0.3 is 5.11 Å². The van der Waals surface area contributed by atoms with Gasteiger partial charge in [-0.25, -0.2) is 4.79 Å². The van der Waals surface area contributed by atoms with Crippen molar-refractivity contribution in [3.63, 3.8) is 0 Å². The average molecular weight is 221 g/mol. The summed E-state index contributed by atoms with van der Waals surface area (Å²) >= 11 is 0. The zero-order valence-corrected chi connectivity index (χ0v) is 8.25. The molecule has 0 saturated carbocycles. The molecule has 1 N–H and O–H groups in total. The van der Waals surface area contributed by atoms with Crippen LogP contribution in [0, 0.1) is 17.0 Å². The summed E-state index contributed by atoms with van der Waals surface area (Å²) < 4.78 is 0.800. The molecule has 7 heteroatoms. The second-order valence-corrected chi connectivity index (χ2v) is 3.24. The van der Waals surface area contributed by atoms with Crippen LogP contribution in [0.2, 0.25) is 0 Å². The quantitative estimate of drug-likeness (QED) is 0.584. The molecule has 1 heterocycles. The van der Waals surface area contributed by atoms with Gasteiger partial charge in [0.2, 0.25) is 0 Å². The normalized spacial score (nSPS) is 10.6. The van der Waals surface area contributed by atoms with Gasteiger partial charge in [-0.15, -0.1) is 0 Å². The van der Waals surface area contributed by atoms with E-state index in [1.807, 2.05) is 0 Å². The van der Waals surface area contributed by atoms with Crippen LogP contribution in [-0.4, -0.2) is 25.9 Å². The maximum atomic E-state index is 10.8. The van der Waals surface area contributed by atoms with Gasteiger partial charge in [-0.05, 0) is 13.0 Å². The maximum absolute atomic E-state index is 10.8. The number of nitrogens with zero attached hydrogens (tertiary/aromatic N) is 3. The van der Waals surface area contributed by atoms with E-state index in [4.69, 9.17) is 5.11 Å². The number of rotatable bonds is 1. The van der Waals surface area contributed by atoms with E-state index in [1.165, 1.54) is 18.2 Å². The van der Waals surface area contributed by atoms with Gasteiger partial charge in [0, 0.05) is 17.5 Å². The Bertz CT molecular complexity index is 602. The van der Waals surface area contributed by atoms with Gasteiger partial charge in [0.05, 0.1) is 16.1 Å². The number of aromatic nitrogens is 2. The fourth-order valence-electron chi connectivity index (χ4n) is 1.52. The molecule has 0 saturated heterocycles. The minimum atomic E-state index is -1.22. The van der Waals surface area contributed by atoms with Crippen molar-refractivity contribution in [3.8, 4) is 0 Å². The van der Waals surface area contributed by atoms with Crippen LogP contribution in [0.1, 0.15) is 5.69 Å². The summed E-state index contributed by atoms with van der Waals surface area (Å²) in [6, 6.07) is 3.95. The van der Waals surface area contributed by atoms with Crippen LogP contribution in [0.25, 0.3) is 10.9 Å². The van der Waals surface area contributed by atoms with Crippen LogP contribution >= 0.6 is 0 Å². The number of carboxylic acid groups (broad SMARTS) is 1. The van der Waals surface area contributed by atoms with E-state index in [-0.39, 0.29) is 5.69 Å². The molecule has 82 valence electrons. The topological polar surface area (TPSA) is 98.3 Å². The smallest absolute Gasteiger partial charge is 0.432 e. The van der Waals surface area contributed by atoms with E-state index in [0.29, 0.717) is 16.6 Å². The van der Waals surface area contributed by atoms with Crippen LogP contribution in [0.4, 0.5) is 10.5 Å². The Morgan fingerprint density at radius 2 is 2.25 bits per heavy atom. The lowest BCUT2D eigenvalue weighted by Gasteiger charge is -1.95. The minimum Gasteiger partial charge on any atom is -0.463 e. The van der Waals surface area contributed by atoms with E-state index in [2.05, 4.69) is 5.10 Å². The average Bonchev–Trinajstić information content (AvgIpc) is 2.56. The number of hydrogen-bond donors (Lipinski definition) is 1. The van der Waals surface area contributed by atoms with Crippen molar-refractivity contribution >= 4 is 22.7 Å². The Kier molecular flexibility index (Phi) is 2.08. The van der Waals surface area contributed by atoms with E-state index >= 15 is 0 Å². The van der Waals surface area contributed by atoms with Crippen LogP contribution in [0.5, 0.6) is 0 Å². The van der Waals surface area contributed by atoms with Crippen LogP contribution in [0.3, 0.4) is 0 Å². The number of nitro benzene ring substituents is 1. The third kappa shape index (κ3) is 1.38. The van der Waals surface area contributed by atoms with Crippen molar-refractivity contribution in [1.29, 1.82) is 0 Å². The SMILES string of the molecule is Cc1nn(C(=O)O)c2ccc([N+](=O)[O-])cc12. The van der Waals surface area contributed by atoms with E-state index in [1.54, 1.807) is 6.92 Å². The monoisotopic (exact) mass is 221 g/mol. The molecular weight excluding hydrogens is 214 g/mol. The van der Waals surface area contributed by atoms with Gasteiger partial charge in [-0.2, -0.15) is 9.78 Å². The Balaban J connectivity index is 2.76. The zero-order valence-electron chi connectivity index (χ0n) is 8.25. The third-order valence-electron chi connectivity index (χ3n) is 2.24. The van der Waals surface area contributed by atoms with E-state index < -0.39 is 11.0 Å². The van der Waals surface area contributed by atoms with Crippen LogP contribution in [-0.2, 0) is 0 Å². The first-order valence-corrected chi connectivity index (χ1v) is 4.38. The van der Waals surface area contributed by atoms with Gasteiger partial charge in [0.15, 0.2) is 0 Å². The first-order chi connectivity index (χ1) is 7.50. The summed E-state index contributed by atoms with van der Waals surface area (Å²) in [5.41, 5.74) is 0.706. The van der Waals surface area contributed by atoms with E-state index in [9.17, 15) is 14.9 Å². The summed E-state index contributed by atoms with van der Waals surface area (Å²) in [6.07, 6.45) is -1.22. The molecule has 0 aliphatic rings. The highest BCUT2D eigenvalue weighted by atomic mass is 16.6. The van der Waals surface area contributed by atoms with Crippen LogP contribution < -0.4 is 0 Å². The standard InChI is InChI=1S/C9H7N3O4/c1-5-7-4-6(12(15)16)2-3-8(7)11(10-5)9(13)14/h2-4H,1H3,(H,13,14). The number of benzene rings is 1. The molecular formula is C9H7N3O4. The Morgan fingerprint density at radius 3 is 2.81 bits per heavy atom. The van der Waals surface area contributed by atoms with Crippen molar-refractivity contribution in [2.75, 3.05) is 0 Å². The van der Waals surface area contributed by atoms with Crippen molar-refractivity contribution in [1.82, 2.24) is 9.78 Å². The highest BCUT2D eigenvalue weighted by Gasteiger charge is 2.15. The molecule has 0 radical (unpaired) electrons. The highest BCUT2D eigenvalue weighted by molar-refractivity contribution is 5.90.